The highest BCUT2D eigenvalue weighted by Crippen LogP contribution is 2.22. The van der Waals surface area contributed by atoms with Crippen LogP contribution in [0.1, 0.15) is 26.3 Å². The van der Waals surface area contributed by atoms with Crippen LogP contribution in [0.3, 0.4) is 0 Å². The lowest BCUT2D eigenvalue weighted by Gasteiger charge is -2.14. The lowest BCUT2D eigenvalue weighted by atomic mass is 10.1. The van der Waals surface area contributed by atoms with E-state index in [0.29, 0.717) is 12.1 Å². The van der Waals surface area contributed by atoms with Gasteiger partial charge in [-0.1, -0.05) is 0 Å². The molecule has 0 saturated heterocycles. The van der Waals surface area contributed by atoms with Gasteiger partial charge in [-0.05, 0) is 62.7 Å². The fraction of sp³-hybridized carbons (Fsp3) is 0.353. The topological polar surface area (TPSA) is 51.5 Å². The van der Waals surface area contributed by atoms with Crippen molar-refractivity contribution in [2.24, 2.45) is 0 Å². The molecule has 0 atom stereocenters. The molecule has 0 aliphatic rings. The molecule has 0 unspecified atom stereocenters. The molecule has 4 nitrogen and oxygen atoms in total. The second kappa shape index (κ2) is 6.59. The van der Waals surface area contributed by atoms with Crippen LogP contribution in [-0.2, 0) is 13.2 Å². The minimum atomic E-state index is -0.236. The molecule has 0 bridgehead atoms. The number of hydrogen-bond donors (Lipinski definition) is 1. The van der Waals surface area contributed by atoms with Gasteiger partial charge in [-0.3, -0.25) is 4.79 Å². The van der Waals surface area contributed by atoms with Crippen molar-refractivity contribution in [3.63, 3.8) is 0 Å². The molecule has 0 fully saturated rings. The summed E-state index contributed by atoms with van der Waals surface area (Å²) >= 11 is 0. The Labute approximate surface area is 124 Å². The first-order valence-corrected chi connectivity index (χ1v) is 7.17. The zero-order valence-electron chi connectivity index (χ0n) is 12.7. The summed E-state index contributed by atoms with van der Waals surface area (Å²) in [5.74, 6) is 0.811. The molecule has 0 amide bonds. The molecular weight excluding hydrogens is 266 g/mol. The third kappa shape index (κ3) is 3.34. The number of aliphatic hydroxyl groups is 1. The van der Waals surface area contributed by atoms with E-state index in [4.69, 9.17) is 4.74 Å². The van der Waals surface area contributed by atoms with Crippen LogP contribution in [0.5, 0.6) is 5.75 Å². The number of ether oxygens (including phenoxy) is 1. The van der Waals surface area contributed by atoms with Crippen molar-refractivity contribution in [3.8, 4) is 17.0 Å². The van der Waals surface area contributed by atoms with Gasteiger partial charge in [0.25, 0.3) is 5.56 Å². The third-order valence-corrected chi connectivity index (χ3v) is 3.26. The Morgan fingerprint density at radius 1 is 1.14 bits per heavy atom. The SMILES string of the molecule is CCn1c(-c2ccc(OC(C)C)cc2)ccc(CO)c1=O. The summed E-state index contributed by atoms with van der Waals surface area (Å²) < 4.78 is 7.29. The summed E-state index contributed by atoms with van der Waals surface area (Å²) in [4.78, 5) is 12.2. The van der Waals surface area contributed by atoms with E-state index in [1.54, 1.807) is 10.6 Å². The van der Waals surface area contributed by atoms with Crippen molar-refractivity contribution in [2.45, 2.75) is 40.0 Å². The number of pyridine rings is 1. The van der Waals surface area contributed by atoms with Crippen LogP contribution in [-0.4, -0.2) is 15.8 Å². The van der Waals surface area contributed by atoms with Crippen LogP contribution < -0.4 is 10.3 Å². The fourth-order valence-electron chi connectivity index (χ4n) is 2.29. The molecule has 0 spiro atoms. The van der Waals surface area contributed by atoms with Gasteiger partial charge in [0, 0.05) is 12.1 Å². The number of benzene rings is 1. The summed E-state index contributed by atoms with van der Waals surface area (Å²) in [6, 6.07) is 11.2. The van der Waals surface area contributed by atoms with Crippen molar-refractivity contribution in [3.05, 3.63) is 52.3 Å². The van der Waals surface area contributed by atoms with Crippen molar-refractivity contribution >= 4 is 0 Å². The third-order valence-electron chi connectivity index (χ3n) is 3.26. The van der Waals surface area contributed by atoms with Crippen LogP contribution in [0.4, 0.5) is 0 Å². The second-order valence-electron chi connectivity index (χ2n) is 5.14. The van der Waals surface area contributed by atoms with E-state index in [9.17, 15) is 9.90 Å². The van der Waals surface area contributed by atoms with E-state index in [1.165, 1.54) is 0 Å². The van der Waals surface area contributed by atoms with E-state index in [0.717, 1.165) is 17.0 Å². The van der Waals surface area contributed by atoms with Crippen LogP contribution in [0.15, 0.2) is 41.2 Å². The summed E-state index contributed by atoms with van der Waals surface area (Å²) in [6.07, 6.45) is 0.133. The van der Waals surface area contributed by atoms with Gasteiger partial charge in [-0.15, -0.1) is 0 Å². The average Bonchev–Trinajstić information content (AvgIpc) is 2.47. The first kappa shape index (κ1) is 15.3. The fourth-order valence-corrected chi connectivity index (χ4v) is 2.29. The maximum atomic E-state index is 12.2. The van der Waals surface area contributed by atoms with Gasteiger partial charge in [-0.25, -0.2) is 0 Å². The Bertz CT molecular complexity index is 657. The molecule has 4 heteroatoms. The minimum Gasteiger partial charge on any atom is -0.491 e. The number of aromatic nitrogens is 1. The highest BCUT2D eigenvalue weighted by Gasteiger charge is 2.09. The molecule has 0 radical (unpaired) electrons. The van der Waals surface area contributed by atoms with E-state index in [-0.39, 0.29) is 18.3 Å². The van der Waals surface area contributed by atoms with Crippen LogP contribution >= 0.6 is 0 Å². The Kier molecular flexibility index (Phi) is 4.81. The highest BCUT2D eigenvalue weighted by molar-refractivity contribution is 5.61. The quantitative estimate of drug-likeness (QED) is 0.920. The van der Waals surface area contributed by atoms with E-state index >= 15 is 0 Å². The standard InChI is InChI=1S/C17H21NO3/c1-4-18-16(10-7-14(11-19)17(18)20)13-5-8-15(9-6-13)21-12(2)3/h5-10,12,19H,4,11H2,1-3H3. The molecular formula is C17H21NO3. The Morgan fingerprint density at radius 3 is 2.33 bits per heavy atom. The van der Waals surface area contributed by atoms with Gasteiger partial charge in [0.05, 0.1) is 18.4 Å². The molecule has 0 saturated carbocycles. The summed E-state index contributed by atoms with van der Waals surface area (Å²) in [6.45, 7) is 6.21. The lowest BCUT2D eigenvalue weighted by molar-refractivity contribution is 0.242. The Morgan fingerprint density at radius 2 is 1.81 bits per heavy atom. The molecule has 1 heterocycles. The monoisotopic (exact) mass is 287 g/mol. The zero-order chi connectivity index (χ0) is 15.4. The van der Waals surface area contributed by atoms with E-state index < -0.39 is 0 Å². The molecule has 0 aliphatic carbocycles. The maximum absolute atomic E-state index is 12.2. The van der Waals surface area contributed by atoms with Gasteiger partial charge < -0.3 is 14.4 Å². The number of aliphatic hydroxyl groups excluding tert-OH is 1. The molecule has 1 N–H and O–H groups in total. The molecule has 112 valence electrons. The highest BCUT2D eigenvalue weighted by atomic mass is 16.5. The predicted octanol–water partition coefficient (Wildman–Crippen LogP) is 2.81. The Balaban J connectivity index is 2.42. The molecule has 1 aromatic carbocycles. The first-order valence-electron chi connectivity index (χ1n) is 7.17. The summed E-state index contributed by atoms with van der Waals surface area (Å²) in [7, 11) is 0. The predicted molar refractivity (Wildman–Crippen MR) is 83.5 cm³/mol. The van der Waals surface area contributed by atoms with E-state index in [2.05, 4.69) is 0 Å². The largest absolute Gasteiger partial charge is 0.491 e. The minimum absolute atomic E-state index is 0.133. The van der Waals surface area contributed by atoms with Crippen molar-refractivity contribution in [1.29, 1.82) is 0 Å². The van der Waals surface area contributed by atoms with Crippen LogP contribution in [0.2, 0.25) is 0 Å². The van der Waals surface area contributed by atoms with Crippen molar-refractivity contribution < 1.29 is 9.84 Å². The van der Waals surface area contributed by atoms with Gasteiger partial charge in [0.2, 0.25) is 0 Å². The van der Waals surface area contributed by atoms with Crippen molar-refractivity contribution in [2.75, 3.05) is 0 Å². The summed E-state index contributed by atoms with van der Waals surface area (Å²) in [5.41, 5.74) is 2.07. The van der Waals surface area contributed by atoms with Crippen molar-refractivity contribution in [1.82, 2.24) is 4.57 Å². The molecule has 21 heavy (non-hydrogen) atoms. The zero-order valence-corrected chi connectivity index (χ0v) is 12.7. The van der Waals surface area contributed by atoms with Gasteiger partial charge in [-0.2, -0.15) is 0 Å². The maximum Gasteiger partial charge on any atom is 0.256 e. The molecule has 2 aromatic rings. The van der Waals surface area contributed by atoms with Crippen LogP contribution in [0, 0.1) is 0 Å². The van der Waals surface area contributed by atoms with Gasteiger partial charge in [0.1, 0.15) is 5.75 Å². The van der Waals surface area contributed by atoms with E-state index in [1.807, 2.05) is 51.1 Å². The first-order chi connectivity index (χ1) is 10.1. The second-order valence-corrected chi connectivity index (χ2v) is 5.14. The number of nitrogens with zero attached hydrogens (tertiary/aromatic N) is 1. The molecule has 0 aliphatic heterocycles. The van der Waals surface area contributed by atoms with Gasteiger partial charge >= 0.3 is 0 Å². The smallest absolute Gasteiger partial charge is 0.256 e. The Hall–Kier alpha value is -2.07. The van der Waals surface area contributed by atoms with Gasteiger partial charge in [0.15, 0.2) is 0 Å². The molecule has 2 rings (SSSR count). The average molecular weight is 287 g/mol. The van der Waals surface area contributed by atoms with Crippen LogP contribution in [0.25, 0.3) is 11.3 Å². The normalized spacial score (nSPS) is 10.9. The molecule has 1 aromatic heterocycles. The number of rotatable bonds is 5. The number of hydrogen-bond acceptors (Lipinski definition) is 3. The lowest BCUT2D eigenvalue weighted by Crippen LogP contribution is -2.24. The summed E-state index contributed by atoms with van der Waals surface area (Å²) in [5, 5.41) is 9.19.